The molecule has 3 aliphatic rings. The van der Waals surface area contributed by atoms with Gasteiger partial charge in [0.05, 0.1) is 6.04 Å². The minimum Gasteiger partial charge on any atom is -0.352 e. The number of piperidine rings is 3. The summed E-state index contributed by atoms with van der Waals surface area (Å²) in [4.78, 5) is 28.7. The predicted molar refractivity (Wildman–Crippen MR) is 111 cm³/mol. The van der Waals surface area contributed by atoms with Crippen molar-refractivity contribution in [1.82, 2.24) is 30.5 Å². The van der Waals surface area contributed by atoms with Gasteiger partial charge in [-0.15, -0.1) is 12.4 Å². The monoisotopic (exact) mass is 418 g/mol. The lowest BCUT2D eigenvalue weighted by atomic mass is 9.72. The van der Waals surface area contributed by atoms with E-state index in [0.717, 1.165) is 43.4 Å². The van der Waals surface area contributed by atoms with E-state index < -0.39 is 0 Å². The summed E-state index contributed by atoms with van der Waals surface area (Å²) in [7, 11) is 0. The number of aromatic nitrogens is 3. The van der Waals surface area contributed by atoms with Gasteiger partial charge in [0, 0.05) is 25.6 Å². The average Bonchev–Trinajstić information content (AvgIpc) is 3.11. The highest BCUT2D eigenvalue weighted by atomic mass is 35.5. The first-order valence-corrected chi connectivity index (χ1v) is 10.3. The smallest absolute Gasteiger partial charge is 0.243 e. The Morgan fingerprint density at radius 3 is 2.66 bits per heavy atom. The maximum Gasteiger partial charge on any atom is 0.243 e. The number of fused-ring (bicyclic) bond motifs is 5. The van der Waals surface area contributed by atoms with Gasteiger partial charge in [-0.05, 0) is 49.8 Å². The molecule has 2 bridgehead atoms. The molecule has 5 rings (SSSR count). The van der Waals surface area contributed by atoms with Crippen molar-refractivity contribution in [1.29, 1.82) is 0 Å². The molecule has 0 spiro atoms. The van der Waals surface area contributed by atoms with Crippen molar-refractivity contribution in [2.75, 3.05) is 19.6 Å². The molecule has 2 amide bonds. The zero-order valence-corrected chi connectivity index (χ0v) is 17.1. The highest BCUT2D eigenvalue weighted by Crippen LogP contribution is 2.39. The van der Waals surface area contributed by atoms with Gasteiger partial charge < -0.3 is 15.5 Å². The molecular formula is C20H27ClN6O2. The van der Waals surface area contributed by atoms with Gasteiger partial charge in [-0.3, -0.25) is 9.59 Å². The minimum atomic E-state index is -0.118. The number of benzene rings is 1. The van der Waals surface area contributed by atoms with Gasteiger partial charge in [-0.2, -0.15) is 15.0 Å². The van der Waals surface area contributed by atoms with E-state index in [2.05, 4.69) is 25.7 Å². The van der Waals surface area contributed by atoms with Crippen LogP contribution in [-0.2, 0) is 16.1 Å². The molecule has 1 aromatic carbocycles. The molecule has 0 saturated carbocycles. The van der Waals surface area contributed by atoms with E-state index in [4.69, 9.17) is 0 Å². The van der Waals surface area contributed by atoms with Crippen LogP contribution in [0.2, 0.25) is 0 Å². The average molecular weight is 419 g/mol. The van der Waals surface area contributed by atoms with Gasteiger partial charge in [0.25, 0.3) is 0 Å². The van der Waals surface area contributed by atoms with Crippen LogP contribution in [0.25, 0.3) is 11.0 Å². The van der Waals surface area contributed by atoms with E-state index in [0.29, 0.717) is 30.8 Å². The zero-order chi connectivity index (χ0) is 19.1. The van der Waals surface area contributed by atoms with Crippen molar-refractivity contribution in [2.24, 2.45) is 11.8 Å². The lowest BCUT2D eigenvalue weighted by Gasteiger charge is -2.54. The van der Waals surface area contributed by atoms with Crippen molar-refractivity contribution < 1.29 is 9.59 Å². The van der Waals surface area contributed by atoms with Gasteiger partial charge in [-0.25, -0.2) is 0 Å². The van der Waals surface area contributed by atoms with Crippen LogP contribution in [0, 0.1) is 11.8 Å². The van der Waals surface area contributed by atoms with Crippen molar-refractivity contribution in [3.05, 3.63) is 24.3 Å². The molecule has 156 valence electrons. The van der Waals surface area contributed by atoms with E-state index in [1.807, 2.05) is 24.3 Å². The first kappa shape index (κ1) is 20.1. The zero-order valence-electron chi connectivity index (χ0n) is 16.3. The highest BCUT2D eigenvalue weighted by molar-refractivity contribution is 5.85. The molecular weight excluding hydrogens is 392 g/mol. The Morgan fingerprint density at radius 2 is 1.90 bits per heavy atom. The SMILES string of the molecule is Cl.O=C(Cn1nc2ccccc2n1)NC[C@H]1[C@@H]2CNC[C@@H](C2)[C@@H]2CCCC(=O)N21. The summed E-state index contributed by atoms with van der Waals surface area (Å²) in [6.07, 6.45) is 3.85. The predicted octanol–water partition coefficient (Wildman–Crippen LogP) is 0.958. The Labute approximate surface area is 175 Å². The van der Waals surface area contributed by atoms with Crippen molar-refractivity contribution in [2.45, 2.75) is 44.3 Å². The number of nitrogens with zero attached hydrogens (tertiary/aromatic N) is 4. The van der Waals surface area contributed by atoms with E-state index in [1.165, 1.54) is 4.80 Å². The first-order valence-electron chi connectivity index (χ1n) is 10.3. The lowest BCUT2D eigenvalue weighted by Crippen LogP contribution is -2.66. The van der Waals surface area contributed by atoms with Crippen LogP contribution in [0.3, 0.4) is 0 Å². The third-order valence-corrected chi connectivity index (χ3v) is 6.52. The van der Waals surface area contributed by atoms with Gasteiger partial charge in [0.15, 0.2) is 0 Å². The molecule has 9 heteroatoms. The minimum absolute atomic E-state index is 0. The molecule has 3 aliphatic heterocycles. The number of nitrogens with one attached hydrogen (secondary N) is 2. The Balaban J connectivity index is 0.00000205. The molecule has 1 aromatic heterocycles. The van der Waals surface area contributed by atoms with Crippen LogP contribution in [0.4, 0.5) is 0 Å². The van der Waals surface area contributed by atoms with E-state index in [-0.39, 0.29) is 36.8 Å². The summed E-state index contributed by atoms with van der Waals surface area (Å²) in [6.45, 7) is 2.51. The van der Waals surface area contributed by atoms with Crippen molar-refractivity contribution >= 4 is 35.3 Å². The summed E-state index contributed by atoms with van der Waals surface area (Å²) in [5, 5.41) is 15.3. The lowest BCUT2D eigenvalue weighted by molar-refractivity contribution is -0.149. The Kier molecular flexibility index (Phi) is 5.74. The van der Waals surface area contributed by atoms with Crippen molar-refractivity contribution in [3.8, 4) is 0 Å². The number of amides is 2. The first-order chi connectivity index (χ1) is 13.7. The second kappa shape index (κ2) is 8.28. The number of hydrogen-bond acceptors (Lipinski definition) is 5. The second-order valence-electron chi connectivity index (χ2n) is 8.27. The van der Waals surface area contributed by atoms with Crippen LogP contribution < -0.4 is 10.6 Å². The van der Waals surface area contributed by atoms with Gasteiger partial charge >= 0.3 is 0 Å². The van der Waals surface area contributed by atoms with E-state index in [9.17, 15) is 9.59 Å². The molecule has 0 aliphatic carbocycles. The fourth-order valence-electron chi connectivity index (χ4n) is 5.28. The standard InChI is InChI=1S/C20H26N6O2.ClH/c27-19(12-25-23-15-4-1-2-5-16(15)24-25)22-11-18-14-8-13(9-21-10-14)17-6-3-7-20(28)26(17)18;/h1-2,4-5,13-14,17-18,21H,3,6-12H2,(H,22,27);1H/t13-,14+,17+,18+;/m1./s1. The summed E-state index contributed by atoms with van der Waals surface area (Å²) in [5.41, 5.74) is 1.56. The molecule has 8 nitrogen and oxygen atoms in total. The third kappa shape index (κ3) is 3.83. The number of halogens is 1. The summed E-state index contributed by atoms with van der Waals surface area (Å²) in [5.74, 6) is 1.10. The van der Waals surface area contributed by atoms with Gasteiger partial charge in [0.2, 0.25) is 11.8 Å². The maximum atomic E-state index is 12.7. The fraction of sp³-hybridized carbons (Fsp3) is 0.600. The van der Waals surface area contributed by atoms with Crippen molar-refractivity contribution in [3.63, 3.8) is 0 Å². The van der Waals surface area contributed by atoms with E-state index >= 15 is 0 Å². The normalized spacial score (nSPS) is 28.6. The quantitative estimate of drug-likeness (QED) is 0.771. The second-order valence-corrected chi connectivity index (χ2v) is 8.27. The molecule has 2 N–H and O–H groups in total. The van der Waals surface area contributed by atoms with Gasteiger partial charge in [-0.1, -0.05) is 12.1 Å². The number of hydrogen-bond donors (Lipinski definition) is 2. The number of rotatable bonds is 4. The topological polar surface area (TPSA) is 92.1 Å². The number of carbonyl (C=O) groups is 2. The Hall–Kier alpha value is -2.19. The maximum absolute atomic E-state index is 12.7. The summed E-state index contributed by atoms with van der Waals surface area (Å²) < 4.78 is 0. The van der Waals surface area contributed by atoms with Crippen LogP contribution in [0.5, 0.6) is 0 Å². The van der Waals surface area contributed by atoms with Crippen LogP contribution >= 0.6 is 12.4 Å². The third-order valence-electron chi connectivity index (χ3n) is 6.52. The molecule has 2 aromatic rings. The number of carbonyl (C=O) groups excluding carboxylic acids is 2. The molecule has 3 saturated heterocycles. The molecule has 0 unspecified atom stereocenters. The molecule has 4 atom stereocenters. The molecule has 4 heterocycles. The molecule has 29 heavy (non-hydrogen) atoms. The van der Waals surface area contributed by atoms with Crippen LogP contribution in [0.1, 0.15) is 25.7 Å². The molecule has 0 radical (unpaired) electrons. The van der Waals surface area contributed by atoms with E-state index in [1.54, 1.807) is 0 Å². The summed E-state index contributed by atoms with van der Waals surface area (Å²) >= 11 is 0. The Bertz CT molecular complexity index is 869. The largest absolute Gasteiger partial charge is 0.352 e. The highest BCUT2D eigenvalue weighted by Gasteiger charge is 2.47. The van der Waals surface area contributed by atoms with Gasteiger partial charge in [0.1, 0.15) is 17.6 Å². The Morgan fingerprint density at radius 1 is 1.17 bits per heavy atom. The summed E-state index contributed by atoms with van der Waals surface area (Å²) in [6, 6.07) is 7.98. The van der Waals surface area contributed by atoms with Crippen LogP contribution in [-0.4, -0.2) is 63.4 Å². The van der Waals surface area contributed by atoms with Crippen LogP contribution in [0.15, 0.2) is 24.3 Å². The fourth-order valence-corrected chi connectivity index (χ4v) is 5.28. The molecule has 3 fully saturated rings.